The Morgan fingerprint density at radius 3 is 0.435 bits per heavy atom. The molecule has 0 unspecified atom stereocenters. The van der Waals surface area contributed by atoms with Crippen LogP contribution in [0.25, 0.3) is 0 Å². The molecule has 17 nitrogen and oxygen atoms in total. The van der Waals surface area contributed by atoms with Gasteiger partial charge in [0.25, 0.3) is 0 Å². The molecule has 0 amide bonds. The Balaban J connectivity index is -0.00000000274. The van der Waals surface area contributed by atoms with Gasteiger partial charge in [0, 0.05) is 38.4 Å². The van der Waals surface area contributed by atoms with E-state index in [0.29, 0.717) is 0 Å². The first-order chi connectivity index (χ1) is 4.00. The summed E-state index contributed by atoms with van der Waals surface area (Å²) in [5.74, 6) is 0. The van der Waals surface area contributed by atoms with Crippen LogP contribution in [0.2, 0.25) is 0 Å². The summed E-state index contributed by atoms with van der Waals surface area (Å²) in [7, 11) is -10.3. The van der Waals surface area contributed by atoms with E-state index < -0.39 is 20.8 Å². The normalized spacial score (nSPS) is 5.04. The molecule has 0 aromatic rings. The van der Waals surface area contributed by atoms with Crippen LogP contribution in [0.15, 0.2) is 0 Å². The summed E-state index contributed by atoms with van der Waals surface area (Å²) in [6, 6.07) is 0. The van der Waals surface area contributed by atoms with Gasteiger partial charge in [-0.3, -0.25) is 16.8 Å². The second-order valence-electron chi connectivity index (χ2n) is 0.816. The Labute approximate surface area is 231 Å². The van der Waals surface area contributed by atoms with Crippen molar-refractivity contribution in [2.75, 3.05) is 0 Å². The van der Waals surface area contributed by atoms with Crippen molar-refractivity contribution in [3.8, 4) is 0 Å². The summed E-state index contributed by atoms with van der Waals surface area (Å²) in [5.41, 5.74) is 0. The quantitative estimate of drug-likeness (QED) is 0.156. The molecular weight excluding hydrogens is 529 g/mol. The predicted octanol–water partition coefficient (Wildman–Crippen LogP) is -9.68. The molecule has 0 aromatic carbocycles. The molecule has 0 heterocycles. The molecular formula is H15Ca3GeO17S2-. The molecule has 0 atom stereocenters. The topological polar surface area (TPSA) is 440 Å². The van der Waals surface area contributed by atoms with E-state index in [0.717, 1.165) is 0 Å². The van der Waals surface area contributed by atoms with E-state index in [4.69, 9.17) is 35.0 Å². The molecule has 0 spiro atoms. The maximum atomic E-state index is 8.52. The molecule has 0 aliphatic heterocycles. The summed E-state index contributed by atoms with van der Waals surface area (Å²) < 4.78 is 68.2. The number of hydrogen-bond acceptors (Lipinski definition) is 11. The zero-order chi connectivity index (χ0) is 9.00. The van der Waals surface area contributed by atoms with E-state index in [1.54, 1.807) is 0 Å². The first-order valence-corrected chi connectivity index (χ1v) is 4.00. The van der Waals surface area contributed by atoms with Crippen LogP contribution in [0.4, 0.5) is 0 Å². The van der Waals surface area contributed by atoms with E-state index in [1.807, 2.05) is 0 Å². The molecule has 0 saturated carbocycles. The van der Waals surface area contributed by atoms with Crippen molar-refractivity contribution < 1.29 is 84.3 Å². The van der Waals surface area contributed by atoms with Crippen molar-refractivity contribution in [2.24, 2.45) is 0 Å². The van der Waals surface area contributed by atoms with Crippen LogP contribution < -0.4 is 0 Å². The Kier molecular flexibility index (Phi) is 356. The molecule has 0 rings (SSSR count). The van der Waals surface area contributed by atoms with Gasteiger partial charge in [0.1, 0.15) is 0 Å². The van der Waals surface area contributed by atoms with Crippen LogP contribution in [0.5, 0.6) is 0 Å². The number of rotatable bonds is 0. The fourth-order valence-electron chi connectivity index (χ4n) is 0. The third-order valence-corrected chi connectivity index (χ3v) is 0. The average molecular weight is 544 g/mol. The van der Waals surface area contributed by atoms with Gasteiger partial charge in [0.15, 0.2) is 0 Å². The largest absolute Gasteiger partial charge is 2.00 e. The Morgan fingerprint density at radius 2 is 0.435 bits per heavy atom. The van der Waals surface area contributed by atoms with Gasteiger partial charge >= 0.3 is 113 Å². The van der Waals surface area contributed by atoms with E-state index in [1.165, 1.54) is 0 Å². The third kappa shape index (κ3) is 1050. The van der Waals surface area contributed by atoms with Crippen LogP contribution in [0, 0.1) is 0 Å². The molecule has 0 aliphatic rings. The molecule has 140 valence electrons. The van der Waals surface area contributed by atoms with Crippen molar-refractivity contribution in [3.63, 3.8) is 0 Å². The molecule has 23 heavy (non-hydrogen) atoms. The summed E-state index contributed by atoms with van der Waals surface area (Å²) >= 11 is 0. The average Bonchev–Trinajstić information content (AvgIpc) is 1.12. The Hall–Kier alpha value is 3.70. The minimum atomic E-state index is -5.17. The summed E-state index contributed by atoms with van der Waals surface area (Å²) in [5, 5.41) is 0. The Morgan fingerprint density at radius 1 is 0.435 bits per heavy atom. The molecule has 0 bridgehead atoms. The van der Waals surface area contributed by atoms with Gasteiger partial charge in [0.05, 0.1) is 0 Å². The smallest absolute Gasteiger partial charge is 0.870 e. The maximum Gasteiger partial charge on any atom is 2.00 e. The first-order valence-electron chi connectivity index (χ1n) is 1.33. The first kappa shape index (κ1) is 129. The second-order valence-corrected chi connectivity index (χ2v) is 2.45. The minimum absolute atomic E-state index is 0. The zero-order valence-electron chi connectivity index (χ0n) is 11.0. The van der Waals surface area contributed by atoms with Crippen LogP contribution in [0.1, 0.15) is 0 Å². The van der Waals surface area contributed by atoms with Crippen molar-refractivity contribution in [1.82, 2.24) is 0 Å². The molecule has 0 aromatic heterocycles. The Bertz CT molecular complexity index is 224. The van der Waals surface area contributed by atoms with Crippen LogP contribution in [-0.2, 0) is 20.8 Å². The SMILES string of the molecule is O.O.O.O.O.O.O=S(=O)([O-])[O-].O=S(=O)([O-])[O-].[Ca+2].[Ca+2].[Ca+2].[Ge].[OH-].[OH-].[OH-]. The van der Waals surface area contributed by atoms with E-state index in [-0.39, 0.29) is 180 Å². The maximum absolute atomic E-state index is 8.52. The van der Waals surface area contributed by atoms with E-state index >= 15 is 0 Å². The van der Waals surface area contributed by atoms with Crippen molar-refractivity contribution in [2.45, 2.75) is 0 Å². The molecule has 0 saturated heterocycles. The van der Waals surface area contributed by atoms with Crippen molar-refractivity contribution in [1.29, 1.82) is 0 Å². The summed E-state index contributed by atoms with van der Waals surface area (Å²) in [4.78, 5) is 0. The zero-order valence-corrected chi connectivity index (χ0v) is 21.4. The van der Waals surface area contributed by atoms with Gasteiger partial charge in [-0.05, 0) is 0 Å². The fraction of sp³-hybridized carbons (Fsp3) is 0. The monoisotopic (exact) mass is 545 g/mol. The second kappa shape index (κ2) is 63.6. The standard InChI is InChI=1S/3Ca.Ge.2H2O4S.9H2O/c;;;;2*1-5(2,3)4;;;;;;;;;/h;;;;2*(H2,1,2,3,4);9*1H2/q3*+2;;;;;;;;;;;;/p-7. The fourth-order valence-corrected chi connectivity index (χ4v) is 0. The summed E-state index contributed by atoms with van der Waals surface area (Å²) in [6.07, 6.45) is 0. The van der Waals surface area contributed by atoms with E-state index in [9.17, 15) is 0 Å². The van der Waals surface area contributed by atoms with Gasteiger partial charge in [-0.2, -0.15) is 0 Å². The van der Waals surface area contributed by atoms with Crippen molar-refractivity contribution in [3.05, 3.63) is 0 Å². The molecule has 4 radical (unpaired) electrons. The third-order valence-electron chi connectivity index (χ3n) is 0. The molecule has 0 fully saturated rings. The van der Waals surface area contributed by atoms with Crippen LogP contribution in [-0.4, -0.2) is 215 Å². The van der Waals surface area contributed by atoms with Gasteiger partial charge in [-0.25, -0.2) is 0 Å². The molecule has 23 heteroatoms. The van der Waals surface area contributed by atoms with Gasteiger partial charge in [-0.1, -0.05) is 0 Å². The predicted molar refractivity (Wildman–Crippen MR) is 71.5 cm³/mol. The molecule has 0 aliphatic carbocycles. The molecule has 15 N–H and O–H groups in total. The minimum Gasteiger partial charge on any atom is -0.870 e. The summed E-state index contributed by atoms with van der Waals surface area (Å²) in [6.45, 7) is 0. The van der Waals surface area contributed by atoms with Gasteiger partial charge < -0.3 is 67.5 Å². The van der Waals surface area contributed by atoms with Crippen LogP contribution in [0.3, 0.4) is 0 Å². The van der Waals surface area contributed by atoms with E-state index in [2.05, 4.69) is 0 Å². The van der Waals surface area contributed by atoms with Gasteiger partial charge in [-0.15, -0.1) is 0 Å². The number of hydrogen-bond donors (Lipinski definition) is 0. The van der Waals surface area contributed by atoms with Crippen LogP contribution >= 0.6 is 0 Å². The van der Waals surface area contributed by atoms with Crippen molar-refractivity contribution >= 4 is 152 Å². The van der Waals surface area contributed by atoms with Gasteiger partial charge in [0.2, 0.25) is 0 Å².